The van der Waals surface area contributed by atoms with Gasteiger partial charge in [0.25, 0.3) is 0 Å². The molecule has 0 amide bonds. The van der Waals surface area contributed by atoms with Crippen molar-refractivity contribution in [2.45, 2.75) is 4.90 Å². The molecule has 6 heteroatoms. The maximum Gasteiger partial charge on any atom is 0.115 e. The lowest BCUT2D eigenvalue weighted by Gasteiger charge is -2.08. The number of anilines is 1. The molecule has 2 aromatic carbocycles. The number of aromatic hydroxyl groups is 1. The zero-order valence-corrected chi connectivity index (χ0v) is 12.5. The predicted octanol–water partition coefficient (Wildman–Crippen LogP) is 5.30. The maximum absolute atomic E-state index is 9.25. The Morgan fingerprint density at radius 1 is 1.00 bits per heavy atom. The predicted molar refractivity (Wildman–Crippen MR) is 85.9 cm³/mol. The molecule has 0 saturated heterocycles. The van der Waals surface area contributed by atoms with Crippen LogP contribution < -0.4 is 4.72 Å². The van der Waals surface area contributed by atoms with Gasteiger partial charge in [0.15, 0.2) is 0 Å². The molecule has 1 aromatic heterocycles. The van der Waals surface area contributed by atoms with Gasteiger partial charge in [0, 0.05) is 16.5 Å². The number of halogens is 2. The highest BCUT2D eigenvalue weighted by Gasteiger charge is 2.10. The third-order valence-electron chi connectivity index (χ3n) is 2.85. The van der Waals surface area contributed by atoms with E-state index in [-0.39, 0.29) is 5.75 Å². The highest BCUT2D eigenvalue weighted by Crippen LogP contribution is 2.36. The fourth-order valence-electron chi connectivity index (χ4n) is 1.88. The van der Waals surface area contributed by atoms with Gasteiger partial charge < -0.3 is 14.8 Å². The van der Waals surface area contributed by atoms with Crippen LogP contribution in [-0.4, -0.2) is 10.1 Å². The van der Waals surface area contributed by atoms with Crippen LogP contribution in [0.15, 0.2) is 47.5 Å². The molecule has 0 fully saturated rings. The Bertz CT molecular complexity index is 756. The molecule has 0 saturated carbocycles. The number of benzene rings is 2. The lowest BCUT2D eigenvalue weighted by Crippen LogP contribution is -1.88. The number of phenolic OH excluding ortho intramolecular Hbond substituents is 1. The minimum absolute atomic E-state index is 0.249. The first-order valence-corrected chi connectivity index (χ1v) is 7.39. The molecule has 3 rings (SSSR count). The summed E-state index contributed by atoms with van der Waals surface area (Å²) in [6.45, 7) is 0. The first kappa shape index (κ1) is 13.5. The van der Waals surface area contributed by atoms with Gasteiger partial charge in [0.05, 0.1) is 21.2 Å². The lowest BCUT2D eigenvalue weighted by molar-refractivity contribution is 0.475. The summed E-state index contributed by atoms with van der Waals surface area (Å²) in [5.41, 5.74) is 1.77. The molecule has 0 bridgehead atoms. The number of aromatic amines is 1. The van der Waals surface area contributed by atoms with Crippen LogP contribution >= 0.6 is 35.1 Å². The van der Waals surface area contributed by atoms with Gasteiger partial charge in [-0.2, -0.15) is 0 Å². The summed E-state index contributed by atoms with van der Waals surface area (Å²) in [6.07, 6.45) is 1.72. The van der Waals surface area contributed by atoms with Crippen LogP contribution in [0.1, 0.15) is 0 Å². The van der Waals surface area contributed by atoms with Crippen LogP contribution in [0.25, 0.3) is 10.9 Å². The Hall–Kier alpha value is -1.49. The minimum atomic E-state index is 0.249. The quantitative estimate of drug-likeness (QED) is 0.573. The summed E-state index contributed by atoms with van der Waals surface area (Å²) in [5, 5.41) is 11.3. The monoisotopic (exact) mass is 324 g/mol. The SMILES string of the molecule is Oc1ccc(SNc2ccc(Cl)c3c(Cl)c[nH]c23)cc1. The second-order valence-corrected chi connectivity index (χ2v) is 5.87. The molecule has 0 unspecified atom stereocenters. The van der Waals surface area contributed by atoms with E-state index in [0.29, 0.717) is 10.0 Å². The number of hydrogen-bond acceptors (Lipinski definition) is 3. The first-order chi connectivity index (χ1) is 9.65. The maximum atomic E-state index is 9.25. The van der Waals surface area contributed by atoms with E-state index in [4.69, 9.17) is 23.2 Å². The van der Waals surface area contributed by atoms with Gasteiger partial charge in [-0.3, -0.25) is 0 Å². The number of nitrogens with one attached hydrogen (secondary N) is 2. The number of aromatic nitrogens is 1. The minimum Gasteiger partial charge on any atom is -0.508 e. The van der Waals surface area contributed by atoms with Crippen LogP contribution in [0.5, 0.6) is 5.75 Å². The molecule has 0 radical (unpaired) electrons. The van der Waals surface area contributed by atoms with Gasteiger partial charge >= 0.3 is 0 Å². The van der Waals surface area contributed by atoms with Crippen LogP contribution in [0.2, 0.25) is 10.0 Å². The number of hydrogen-bond donors (Lipinski definition) is 3. The third kappa shape index (κ3) is 2.54. The van der Waals surface area contributed by atoms with E-state index < -0.39 is 0 Å². The van der Waals surface area contributed by atoms with Crippen LogP contribution in [-0.2, 0) is 0 Å². The molecule has 20 heavy (non-hydrogen) atoms. The lowest BCUT2D eigenvalue weighted by atomic mass is 10.2. The normalized spacial score (nSPS) is 10.9. The van der Waals surface area contributed by atoms with E-state index in [1.807, 2.05) is 24.3 Å². The second kappa shape index (κ2) is 5.48. The highest BCUT2D eigenvalue weighted by atomic mass is 35.5. The number of H-pyrrole nitrogens is 1. The summed E-state index contributed by atoms with van der Waals surface area (Å²) < 4.78 is 3.25. The Balaban J connectivity index is 1.88. The van der Waals surface area contributed by atoms with Crippen molar-refractivity contribution in [1.82, 2.24) is 4.98 Å². The largest absolute Gasteiger partial charge is 0.508 e. The van der Waals surface area contributed by atoms with Crippen LogP contribution in [0.4, 0.5) is 5.69 Å². The van der Waals surface area contributed by atoms with E-state index >= 15 is 0 Å². The standard InChI is InChI=1S/C14H10Cl2N2OS/c15-10-5-6-12(14-13(10)11(16)7-17-14)18-20-9-3-1-8(19)2-4-9/h1-7,17-19H. The molecule has 0 aliphatic rings. The molecular formula is C14H10Cl2N2OS. The Kier molecular flexibility index (Phi) is 3.70. The van der Waals surface area contributed by atoms with Crippen molar-refractivity contribution in [3.63, 3.8) is 0 Å². The summed E-state index contributed by atoms with van der Waals surface area (Å²) in [5.74, 6) is 0.249. The zero-order valence-electron chi connectivity index (χ0n) is 10.2. The average Bonchev–Trinajstić information content (AvgIpc) is 2.83. The van der Waals surface area contributed by atoms with Crippen molar-refractivity contribution in [3.8, 4) is 5.75 Å². The van der Waals surface area contributed by atoms with Gasteiger partial charge in [0.1, 0.15) is 5.75 Å². The fourth-order valence-corrected chi connectivity index (χ4v) is 3.11. The summed E-state index contributed by atoms with van der Waals surface area (Å²) in [7, 11) is 0. The van der Waals surface area contributed by atoms with E-state index in [1.165, 1.54) is 11.9 Å². The number of fused-ring (bicyclic) bond motifs is 1. The van der Waals surface area contributed by atoms with E-state index in [0.717, 1.165) is 21.5 Å². The van der Waals surface area contributed by atoms with Gasteiger partial charge in [-0.05, 0) is 48.3 Å². The molecule has 3 aromatic rings. The smallest absolute Gasteiger partial charge is 0.115 e. The first-order valence-electron chi connectivity index (χ1n) is 5.82. The van der Waals surface area contributed by atoms with Crippen molar-refractivity contribution in [1.29, 1.82) is 0 Å². The molecule has 3 nitrogen and oxygen atoms in total. The number of phenols is 1. The Labute approximate surface area is 130 Å². The molecule has 0 atom stereocenters. The average molecular weight is 325 g/mol. The van der Waals surface area contributed by atoms with Crippen molar-refractivity contribution in [2.75, 3.05) is 4.72 Å². The van der Waals surface area contributed by atoms with Gasteiger partial charge in [-0.15, -0.1) is 0 Å². The van der Waals surface area contributed by atoms with Crippen molar-refractivity contribution in [3.05, 3.63) is 52.6 Å². The van der Waals surface area contributed by atoms with E-state index in [1.54, 1.807) is 18.3 Å². The molecule has 0 aliphatic heterocycles. The van der Waals surface area contributed by atoms with Crippen LogP contribution in [0.3, 0.4) is 0 Å². The Morgan fingerprint density at radius 3 is 2.50 bits per heavy atom. The van der Waals surface area contributed by atoms with Crippen molar-refractivity contribution in [2.24, 2.45) is 0 Å². The van der Waals surface area contributed by atoms with Crippen molar-refractivity contribution >= 4 is 51.7 Å². The summed E-state index contributed by atoms with van der Waals surface area (Å²) >= 11 is 13.7. The van der Waals surface area contributed by atoms with Gasteiger partial charge in [0.2, 0.25) is 0 Å². The van der Waals surface area contributed by atoms with Crippen molar-refractivity contribution < 1.29 is 5.11 Å². The van der Waals surface area contributed by atoms with E-state index in [2.05, 4.69) is 9.71 Å². The fraction of sp³-hybridized carbons (Fsp3) is 0. The summed E-state index contributed by atoms with van der Waals surface area (Å²) in [4.78, 5) is 4.10. The molecule has 0 aliphatic carbocycles. The third-order valence-corrected chi connectivity index (χ3v) is 4.30. The van der Waals surface area contributed by atoms with Gasteiger partial charge in [-0.1, -0.05) is 23.2 Å². The Morgan fingerprint density at radius 2 is 1.75 bits per heavy atom. The molecular weight excluding hydrogens is 315 g/mol. The molecule has 0 spiro atoms. The van der Waals surface area contributed by atoms with Gasteiger partial charge in [-0.25, -0.2) is 0 Å². The summed E-state index contributed by atoms with van der Waals surface area (Å²) in [6, 6.07) is 10.7. The topological polar surface area (TPSA) is 48.0 Å². The molecule has 3 N–H and O–H groups in total. The van der Waals surface area contributed by atoms with E-state index in [9.17, 15) is 5.11 Å². The van der Waals surface area contributed by atoms with Crippen LogP contribution in [0, 0.1) is 0 Å². The number of rotatable bonds is 3. The highest BCUT2D eigenvalue weighted by molar-refractivity contribution is 8.00. The molecule has 102 valence electrons. The zero-order chi connectivity index (χ0) is 14.1. The second-order valence-electron chi connectivity index (χ2n) is 4.18. The molecule has 1 heterocycles.